The van der Waals surface area contributed by atoms with Crippen molar-refractivity contribution in [3.05, 3.63) is 76.0 Å². The van der Waals surface area contributed by atoms with Gasteiger partial charge in [-0.05, 0) is 93.7 Å². The number of thiazole rings is 1. The maximum absolute atomic E-state index is 13.5. The standard InChI is InChI=1S/C43H48F3N9O5S/c1-41(2,60)26-20-29-33(21-28(26)48-37(57)27-6-4-9-34(47-27)43(44,45)46)61-39(49-29)54-16-12-25(13-17-54)22-52-23-42(24-52)14-18-53(19-15-42)30-7-5-8-31-36(30)51(3)40(59)55(31)32-10-11-35(56)50-38(32)58/h4-9,20-21,25,32,60H,10-19,22-24H2,1-3H3,(H,48,57)(H,50,56,58). The highest BCUT2D eigenvalue weighted by Crippen LogP contribution is 2.44. The molecule has 1 spiro atoms. The molecule has 5 aromatic rings. The van der Waals surface area contributed by atoms with Crippen molar-refractivity contribution < 1.29 is 32.7 Å². The Morgan fingerprint density at radius 2 is 1.69 bits per heavy atom. The number of alkyl halides is 3. The fourth-order valence-corrected chi connectivity index (χ4v) is 10.8. The van der Waals surface area contributed by atoms with E-state index < -0.39 is 35.3 Å². The van der Waals surface area contributed by atoms with E-state index in [1.165, 1.54) is 17.4 Å². The average Bonchev–Trinajstić information content (AvgIpc) is 3.74. The first-order chi connectivity index (χ1) is 29.0. The number of rotatable bonds is 8. The van der Waals surface area contributed by atoms with Crippen LogP contribution in [-0.2, 0) is 28.4 Å². The molecule has 18 heteroatoms. The summed E-state index contributed by atoms with van der Waals surface area (Å²) in [5.74, 6) is -1.00. The third-order valence-electron chi connectivity index (χ3n) is 13.0. The topological polar surface area (TPSA) is 158 Å². The van der Waals surface area contributed by atoms with Crippen molar-refractivity contribution in [2.45, 2.75) is 70.2 Å². The second-order valence-electron chi connectivity index (χ2n) is 17.7. The number of piperidine rings is 3. The first kappa shape index (κ1) is 41.0. The molecule has 14 nitrogen and oxygen atoms in total. The monoisotopic (exact) mass is 859 g/mol. The van der Waals surface area contributed by atoms with E-state index in [0.717, 1.165) is 105 Å². The number of aliphatic hydroxyl groups is 1. The molecule has 1 atom stereocenters. The number of hydrogen-bond acceptors (Lipinski definition) is 11. The lowest BCUT2D eigenvalue weighted by molar-refractivity contribution is -0.141. The van der Waals surface area contributed by atoms with Crippen LogP contribution in [0, 0.1) is 11.3 Å². The second kappa shape index (κ2) is 15.2. The van der Waals surface area contributed by atoms with Gasteiger partial charge in [0.1, 0.15) is 17.4 Å². The van der Waals surface area contributed by atoms with Crippen molar-refractivity contribution in [2.75, 3.05) is 60.9 Å². The summed E-state index contributed by atoms with van der Waals surface area (Å²) < 4.78 is 43.8. The lowest BCUT2D eigenvalue weighted by Gasteiger charge is -2.55. The molecule has 4 fully saturated rings. The van der Waals surface area contributed by atoms with Gasteiger partial charge >= 0.3 is 11.9 Å². The first-order valence-corrected chi connectivity index (χ1v) is 21.6. The number of fused-ring (bicyclic) bond motifs is 2. The molecular weight excluding hydrogens is 812 g/mol. The number of aryl methyl sites for hydroxylation is 1. The Bertz CT molecular complexity index is 2610. The van der Waals surface area contributed by atoms with Crippen LogP contribution in [0.1, 0.15) is 80.2 Å². The van der Waals surface area contributed by atoms with Gasteiger partial charge in [0.15, 0.2) is 5.13 Å². The number of para-hydroxylation sites is 1. The number of likely N-dealkylation sites (tertiary alicyclic amines) is 1. The summed E-state index contributed by atoms with van der Waals surface area (Å²) in [4.78, 5) is 66.7. The van der Waals surface area contributed by atoms with Crippen molar-refractivity contribution in [3.8, 4) is 0 Å². The van der Waals surface area contributed by atoms with Crippen LogP contribution in [0.3, 0.4) is 0 Å². The third kappa shape index (κ3) is 7.77. The Labute approximate surface area is 353 Å². The molecule has 3 N–H and O–H groups in total. The number of hydrogen-bond donors (Lipinski definition) is 3. The largest absolute Gasteiger partial charge is 0.433 e. The molecule has 0 saturated carbocycles. The highest BCUT2D eigenvalue weighted by Gasteiger charge is 2.46. The van der Waals surface area contributed by atoms with Crippen LogP contribution in [0.15, 0.2) is 53.3 Å². The van der Waals surface area contributed by atoms with Crippen LogP contribution in [0.2, 0.25) is 0 Å². The number of halogens is 3. The number of carbonyl (C=O) groups is 3. The van der Waals surface area contributed by atoms with E-state index in [0.29, 0.717) is 28.9 Å². The highest BCUT2D eigenvalue weighted by atomic mass is 32.1. The predicted octanol–water partition coefficient (Wildman–Crippen LogP) is 5.64. The number of aromatic nitrogens is 4. The summed E-state index contributed by atoms with van der Waals surface area (Å²) in [7, 11) is 1.75. The molecule has 0 bridgehead atoms. The van der Waals surface area contributed by atoms with Gasteiger partial charge in [0.2, 0.25) is 11.8 Å². The zero-order chi connectivity index (χ0) is 43.0. The molecule has 4 saturated heterocycles. The molecule has 61 heavy (non-hydrogen) atoms. The maximum Gasteiger partial charge on any atom is 0.433 e. The Morgan fingerprint density at radius 3 is 2.38 bits per heavy atom. The quantitative estimate of drug-likeness (QED) is 0.167. The summed E-state index contributed by atoms with van der Waals surface area (Å²) in [6.45, 7) is 9.79. The smallest absolute Gasteiger partial charge is 0.386 e. The molecule has 4 aliphatic heterocycles. The van der Waals surface area contributed by atoms with Gasteiger partial charge in [-0.3, -0.25) is 28.8 Å². The zero-order valence-corrected chi connectivity index (χ0v) is 35.0. The molecule has 7 heterocycles. The van der Waals surface area contributed by atoms with Gasteiger partial charge in [0.05, 0.1) is 32.5 Å². The normalized spacial score (nSPS) is 20.4. The molecule has 3 aromatic heterocycles. The fourth-order valence-electron chi connectivity index (χ4n) is 9.76. The molecule has 322 valence electrons. The van der Waals surface area contributed by atoms with Crippen molar-refractivity contribution in [1.29, 1.82) is 0 Å². The predicted molar refractivity (Wildman–Crippen MR) is 226 cm³/mol. The van der Waals surface area contributed by atoms with Crippen molar-refractivity contribution in [3.63, 3.8) is 0 Å². The summed E-state index contributed by atoms with van der Waals surface area (Å²) in [5.41, 5.74) is 0.930. The number of nitrogens with zero attached hydrogens (tertiary/aromatic N) is 7. The number of nitrogens with one attached hydrogen (secondary N) is 2. The second-order valence-corrected chi connectivity index (χ2v) is 18.7. The van der Waals surface area contributed by atoms with E-state index in [2.05, 4.69) is 36.4 Å². The summed E-state index contributed by atoms with van der Waals surface area (Å²) in [6, 6.07) is 11.8. The van der Waals surface area contributed by atoms with E-state index in [1.54, 1.807) is 42.2 Å². The van der Waals surface area contributed by atoms with Crippen LogP contribution >= 0.6 is 11.3 Å². The fraction of sp³-hybridized carbons (Fsp3) is 0.488. The van der Waals surface area contributed by atoms with Crippen LogP contribution in [0.5, 0.6) is 0 Å². The summed E-state index contributed by atoms with van der Waals surface area (Å²) in [5, 5.41) is 16.9. The minimum absolute atomic E-state index is 0.201. The first-order valence-electron chi connectivity index (χ1n) is 20.8. The molecule has 3 amide bonds. The van der Waals surface area contributed by atoms with E-state index in [-0.39, 0.29) is 34.8 Å². The lowest BCUT2D eigenvalue weighted by atomic mass is 9.71. The number of carbonyl (C=O) groups excluding carboxylic acids is 3. The summed E-state index contributed by atoms with van der Waals surface area (Å²) in [6.07, 6.45) is -0.0367. The maximum atomic E-state index is 13.5. The van der Waals surface area contributed by atoms with E-state index in [1.807, 2.05) is 12.1 Å². The van der Waals surface area contributed by atoms with Crippen molar-refractivity contribution in [2.24, 2.45) is 18.4 Å². The van der Waals surface area contributed by atoms with Crippen LogP contribution in [0.4, 0.5) is 29.7 Å². The Balaban J connectivity index is 0.799. The molecular formula is C43H48F3N9O5S. The Morgan fingerprint density at radius 1 is 0.967 bits per heavy atom. The van der Waals surface area contributed by atoms with Gasteiger partial charge in [0, 0.05) is 70.5 Å². The third-order valence-corrected chi connectivity index (χ3v) is 14.1. The van der Waals surface area contributed by atoms with Crippen LogP contribution in [0.25, 0.3) is 21.3 Å². The van der Waals surface area contributed by atoms with Crippen LogP contribution < -0.4 is 26.1 Å². The number of amides is 3. The van der Waals surface area contributed by atoms with Gasteiger partial charge in [-0.2, -0.15) is 13.2 Å². The number of pyridine rings is 1. The van der Waals surface area contributed by atoms with Crippen LogP contribution in [-0.4, -0.2) is 92.6 Å². The highest BCUT2D eigenvalue weighted by molar-refractivity contribution is 7.22. The Hall–Kier alpha value is -5.33. The number of benzene rings is 2. The van der Waals surface area contributed by atoms with E-state index >= 15 is 0 Å². The zero-order valence-electron chi connectivity index (χ0n) is 34.2. The molecule has 0 aliphatic carbocycles. The van der Waals surface area contributed by atoms with Crippen molar-refractivity contribution >= 4 is 66.8 Å². The molecule has 9 rings (SSSR count). The molecule has 0 radical (unpaired) electrons. The Kier molecular flexibility index (Phi) is 10.3. The van der Waals surface area contributed by atoms with E-state index in [9.17, 15) is 37.5 Å². The van der Waals surface area contributed by atoms with Gasteiger partial charge < -0.3 is 25.1 Å². The SMILES string of the molecule is Cn1c(=O)n(C2CCC(=O)NC2=O)c2cccc(N3CCC4(CC3)CN(CC3CCN(c5nc6cc(C(C)(C)O)c(NC(=O)c7cccc(C(F)(F)F)n7)cc6s5)CC3)C4)c21. The van der Waals surface area contributed by atoms with Crippen molar-refractivity contribution in [1.82, 2.24) is 29.3 Å². The minimum atomic E-state index is -4.69. The average molecular weight is 860 g/mol. The number of anilines is 3. The summed E-state index contributed by atoms with van der Waals surface area (Å²) >= 11 is 1.48. The van der Waals surface area contributed by atoms with Gasteiger partial charge in [-0.25, -0.2) is 14.8 Å². The number of imide groups is 1. The molecule has 2 aromatic carbocycles. The number of imidazole rings is 1. The lowest BCUT2D eigenvalue weighted by Crippen LogP contribution is -2.61. The van der Waals surface area contributed by atoms with Gasteiger partial charge in [-0.15, -0.1) is 0 Å². The molecule has 4 aliphatic rings. The van der Waals surface area contributed by atoms with Gasteiger partial charge in [-0.1, -0.05) is 23.5 Å². The minimum Gasteiger partial charge on any atom is -0.386 e. The molecule has 1 unspecified atom stereocenters. The van der Waals surface area contributed by atoms with Gasteiger partial charge in [0.25, 0.3) is 5.91 Å². The van der Waals surface area contributed by atoms with E-state index in [4.69, 9.17) is 4.98 Å².